The topological polar surface area (TPSA) is 40.5 Å². The van der Waals surface area contributed by atoms with Crippen molar-refractivity contribution in [1.29, 1.82) is 0 Å². The first kappa shape index (κ1) is 14.4. The third-order valence-electron chi connectivity index (χ3n) is 2.44. The molecule has 0 bridgehead atoms. The summed E-state index contributed by atoms with van der Waals surface area (Å²) in [7, 11) is 0. The lowest BCUT2D eigenvalue weighted by atomic mass is 10.0. The molecule has 0 unspecified atom stereocenters. The third-order valence-corrected chi connectivity index (χ3v) is 2.44. The van der Waals surface area contributed by atoms with E-state index < -0.39 is 0 Å². The van der Waals surface area contributed by atoms with Gasteiger partial charge in [-0.05, 0) is 44.9 Å². The number of allylic oxidation sites excluding steroid dienone is 2. The smallest absolute Gasteiger partial charge is 0.0565 e. The van der Waals surface area contributed by atoms with Crippen molar-refractivity contribution in [2.75, 3.05) is 0 Å². The molecule has 2 nitrogen and oxygen atoms in total. The first-order chi connectivity index (χ1) is 7.20. The quantitative estimate of drug-likeness (QED) is 0.432. The van der Waals surface area contributed by atoms with Gasteiger partial charge in [-0.25, -0.2) is 0 Å². The molecule has 0 aromatic carbocycles. The van der Waals surface area contributed by atoms with Crippen molar-refractivity contribution < 1.29 is 10.2 Å². The number of aliphatic hydroxyl groups excluding tert-OH is 2. The highest BCUT2D eigenvalue weighted by atomic mass is 16.3. The summed E-state index contributed by atoms with van der Waals surface area (Å²) in [5.74, 6) is 0. The molecule has 0 radical (unpaired) electrons. The molecular formula is C13H24O2. The highest BCUT2D eigenvalue weighted by Gasteiger charge is 2.10. The van der Waals surface area contributed by atoms with E-state index in [2.05, 4.69) is 13.2 Å². The van der Waals surface area contributed by atoms with Crippen molar-refractivity contribution >= 4 is 0 Å². The predicted molar refractivity (Wildman–Crippen MR) is 64.7 cm³/mol. The van der Waals surface area contributed by atoms with Gasteiger partial charge in [0.25, 0.3) is 0 Å². The monoisotopic (exact) mass is 212 g/mol. The zero-order valence-electron chi connectivity index (χ0n) is 9.57. The molecule has 0 rings (SSSR count). The van der Waals surface area contributed by atoms with Crippen molar-refractivity contribution in [3.63, 3.8) is 0 Å². The molecule has 0 aliphatic rings. The van der Waals surface area contributed by atoms with Gasteiger partial charge in [0.2, 0.25) is 0 Å². The Morgan fingerprint density at radius 1 is 0.867 bits per heavy atom. The third kappa shape index (κ3) is 9.70. The number of unbranched alkanes of at least 4 members (excludes halogenated alkanes) is 2. The Labute approximate surface area is 93.3 Å². The van der Waals surface area contributed by atoms with Gasteiger partial charge < -0.3 is 10.2 Å². The van der Waals surface area contributed by atoms with Crippen LogP contribution in [-0.4, -0.2) is 22.4 Å². The molecule has 0 saturated carbocycles. The summed E-state index contributed by atoms with van der Waals surface area (Å²) < 4.78 is 0. The summed E-state index contributed by atoms with van der Waals surface area (Å²) >= 11 is 0. The lowest BCUT2D eigenvalue weighted by Gasteiger charge is -2.14. The van der Waals surface area contributed by atoms with Crippen LogP contribution in [0.5, 0.6) is 0 Å². The van der Waals surface area contributed by atoms with E-state index in [1.807, 2.05) is 12.2 Å². The van der Waals surface area contributed by atoms with Gasteiger partial charge in [0, 0.05) is 0 Å². The standard InChI is InChI=1S/C13H24O2/c1-3-5-7-9-12(14)11-13(15)10-8-6-4-2/h3-4,12-15H,1-2,5-11H2/t12-,13+. The van der Waals surface area contributed by atoms with E-state index in [1.54, 1.807) is 0 Å². The number of rotatable bonds is 10. The number of hydrogen-bond donors (Lipinski definition) is 2. The minimum Gasteiger partial charge on any atom is -0.393 e. The van der Waals surface area contributed by atoms with E-state index in [0.717, 1.165) is 38.5 Å². The molecule has 0 aromatic rings. The van der Waals surface area contributed by atoms with Crippen LogP contribution in [0.25, 0.3) is 0 Å². The molecule has 2 heteroatoms. The highest BCUT2D eigenvalue weighted by molar-refractivity contribution is 4.71. The predicted octanol–water partition coefficient (Wildman–Crippen LogP) is 2.81. The zero-order chi connectivity index (χ0) is 11.5. The van der Waals surface area contributed by atoms with Crippen LogP contribution in [0.15, 0.2) is 25.3 Å². The Morgan fingerprint density at radius 3 is 1.60 bits per heavy atom. The first-order valence-corrected chi connectivity index (χ1v) is 5.78. The molecular weight excluding hydrogens is 188 g/mol. The average molecular weight is 212 g/mol. The fourth-order valence-corrected chi connectivity index (χ4v) is 1.55. The second-order valence-corrected chi connectivity index (χ2v) is 3.98. The lowest BCUT2D eigenvalue weighted by molar-refractivity contribution is 0.0692. The maximum atomic E-state index is 9.59. The second kappa shape index (κ2) is 9.94. The van der Waals surface area contributed by atoms with Crippen molar-refractivity contribution in [2.45, 2.75) is 57.2 Å². The Bertz CT molecular complexity index is 148. The number of hydrogen-bond acceptors (Lipinski definition) is 2. The van der Waals surface area contributed by atoms with E-state index >= 15 is 0 Å². The Hall–Kier alpha value is -0.600. The van der Waals surface area contributed by atoms with Gasteiger partial charge in [0.15, 0.2) is 0 Å². The van der Waals surface area contributed by atoms with Gasteiger partial charge >= 0.3 is 0 Å². The maximum Gasteiger partial charge on any atom is 0.0565 e. The van der Waals surface area contributed by atoms with Crippen LogP contribution in [0.1, 0.15) is 44.9 Å². The maximum absolute atomic E-state index is 9.59. The lowest BCUT2D eigenvalue weighted by Crippen LogP contribution is -2.17. The molecule has 0 fully saturated rings. The van der Waals surface area contributed by atoms with E-state index in [-0.39, 0.29) is 12.2 Å². The van der Waals surface area contributed by atoms with Gasteiger partial charge in [-0.15, -0.1) is 13.2 Å². The van der Waals surface area contributed by atoms with Crippen molar-refractivity contribution in [1.82, 2.24) is 0 Å². The van der Waals surface area contributed by atoms with Crippen LogP contribution in [0.4, 0.5) is 0 Å². The SMILES string of the molecule is C=CCCC[C@@H](O)C[C@@H](O)CCCC=C. The molecule has 0 amide bonds. The van der Waals surface area contributed by atoms with Crippen LogP contribution in [0, 0.1) is 0 Å². The molecule has 2 atom stereocenters. The Morgan fingerprint density at radius 2 is 1.27 bits per heavy atom. The van der Waals surface area contributed by atoms with E-state index in [4.69, 9.17) is 0 Å². The van der Waals surface area contributed by atoms with E-state index in [1.165, 1.54) is 0 Å². The minimum absolute atomic E-state index is 0.372. The largest absolute Gasteiger partial charge is 0.393 e. The molecule has 0 heterocycles. The van der Waals surface area contributed by atoms with Gasteiger partial charge in [-0.3, -0.25) is 0 Å². The van der Waals surface area contributed by atoms with Gasteiger partial charge in [-0.2, -0.15) is 0 Å². The fourth-order valence-electron chi connectivity index (χ4n) is 1.55. The average Bonchev–Trinajstić information content (AvgIpc) is 2.18. The summed E-state index contributed by atoms with van der Waals surface area (Å²) in [5.41, 5.74) is 0. The molecule has 2 N–H and O–H groups in total. The summed E-state index contributed by atoms with van der Waals surface area (Å²) in [5, 5.41) is 19.2. The van der Waals surface area contributed by atoms with Crippen molar-refractivity contribution in [3.05, 3.63) is 25.3 Å². The Kier molecular flexibility index (Phi) is 9.54. The van der Waals surface area contributed by atoms with Crippen LogP contribution in [0.2, 0.25) is 0 Å². The van der Waals surface area contributed by atoms with E-state index in [9.17, 15) is 10.2 Å². The summed E-state index contributed by atoms with van der Waals surface area (Å²) in [4.78, 5) is 0. The molecule has 15 heavy (non-hydrogen) atoms. The normalized spacial score (nSPS) is 14.5. The summed E-state index contributed by atoms with van der Waals surface area (Å²) in [6, 6.07) is 0. The van der Waals surface area contributed by atoms with Crippen molar-refractivity contribution in [3.8, 4) is 0 Å². The number of aliphatic hydroxyl groups is 2. The van der Waals surface area contributed by atoms with Gasteiger partial charge in [-0.1, -0.05) is 12.2 Å². The zero-order valence-corrected chi connectivity index (χ0v) is 9.57. The molecule has 0 aliphatic heterocycles. The fraction of sp³-hybridized carbons (Fsp3) is 0.692. The highest BCUT2D eigenvalue weighted by Crippen LogP contribution is 2.11. The molecule has 0 saturated heterocycles. The second-order valence-electron chi connectivity index (χ2n) is 3.98. The molecule has 0 aliphatic carbocycles. The van der Waals surface area contributed by atoms with Crippen LogP contribution < -0.4 is 0 Å². The van der Waals surface area contributed by atoms with Crippen molar-refractivity contribution in [2.24, 2.45) is 0 Å². The van der Waals surface area contributed by atoms with Crippen LogP contribution in [0.3, 0.4) is 0 Å². The minimum atomic E-state index is -0.372. The summed E-state index contributed by atoms with van der Waals surface area (Å²) in [6.45, 7) is 7.26. The van der Waals surface area contributed by atoms with Crippen LogP contribution in [-0.2, 0) is 0 Å². The summed E-state index contributed by atoms with van der Waals surface area (Å²) in [6.07, 6.45) is 8.73. The Balaban J connectivity index is 3.43. The molecule has 0 spiro atoms. The van der Waals surface area contributed by atoms with E-state index in [0.29, 0.717) is 6.42 Å². The van der Waals surface area contributed by atoms with Gasteiger partial charge in [0.1, 0.15) is 0 Å². The molecule has 0 aromatic heterocycles. The molecule has 88 valence electrons. The van der Waals surface area contributed by atoms with Crippen LogP contribution >= 0.6 is 0 Å². The van der Waals surface area contributed by atoms with Gasteiger partial charge in [0.05, 0.1) is 12.2 Å². The first-order valence-electron chi connectivity index (χ1n) is 5.78.